The number of benzene rings is 1. The number of aryl methyl sites for hydroxylation is 1. The van der Waals surface area contributed by atoms with Crippen molar-refractivity contribution in [3.05, 3.63) is 41.6 Å². The van der Waals surface area contributed by atoms with Crippen LogP contribution in [0.2, 0.25) is 0 Å². The van der Waals surface area contributed by atoms with Crippen LogP contribution >= 0.6 is 0 Å². The van der Waals surface area contributed by atoms with Crippen molar-refractivity contribution in [3.63, 3.8) is 0 Å². The molecule has 18 heavy (non-hydrogen) atoms. The Kier molecular flexibility index (Phi) is 3.58. The fourth-order valence-electron chi connectivity index (χ4n) is 1.86. The zero-order valence-corrected chi connectivity index (χ0v) is 10.3. The molecular weight excluding hydrogens is 228 g/mol. The summed E-state index contributed by atoms with van der Waals surface area (Å²) in [7, 11) is 0. The fourth-order valence-corrected chi connectivity index (χ4v) is 1.86. The van der Waals surface area contributed by atoms with E-state index in [-0.39, 0.29) is 6.42 Å². The molecule has 3 N–H and O–H groups in total. The van der Waals surface area contributed by atoms with Crippen molar-refractivity contribution in [3.8, 4) is 0 Å². The van der Waals surface area contributed by atoms with E-state index in [2.05, 4.69) is 18.0 Å². The highest BCUT2D eigenvalue weighted by molar-refractivity contribution is 5.79. The number of nitrogens with two attached hydrogens (primary N) is 1. The highest BCUT2D eigenvalue weighted by atomic mass is 16.4. The topological polar surface area (TPSA) is 76.2 Å². The van der Waals surface area contributed by atoms with E-state index in [4.69, 9.17) is 10.8 Å². The molecule has 1 heterocycles. The number of aromatic nitrogens is 1. The van der Waals surface area contributed by atoms with Crippen LogP contribution in [0.25, 0.3) is 10.9 Å². The number of fused-ring (bicyclic) bond motifs is 1. The molecule has 0 radical (unpaired) electrons. The van der Waals surface area contributed by atoms with Crippen LogP contribution in [0, 0.1) is 0 Å². The van der Waals surface area contributed by atoms with Gasteiger partial charge in [-0.05, 0) is 30.2 Å². The summed E-state index contributed by atoms with van der Waals surface area (Å²) in [6, 6.07) is 9.00. The summed E-state index contributed by atoms with van der Waals surface area (Å²) in [5.74, 6) is -1.00. The maximum Gasteiger partial charge on any atom is 0.320 e. The van der Waals surface area contributed by atoms with Gasteiger partial charge >= 0.3 is 5.97 Å². The van der Waals surface area contributed by atoms with Gasteiger partial charge in [0.25, 0.3) is 0 Å². The van der Waals surface area contributed by atoms with E-state index in [0.29, 0.717) is 5.69 Å². The highest BCUT2D eigenvalue weighted by Gasteiger charge is 2.13. The van der Waals surface area contributed by atoms with E-state index in [1.54, 1.807) is 0 Å². The molecule has 4 heteroatoms. The number of pyridine rings is 1. The lowest BCUT2D eigenvalue weighted by Crippen LogP contribution is -2.32. The Labute approximate surface area is 105 Å². The largest absolute Gasteiger partial charge is 0.480 e. The van der Waals surface area contributed by atoms with E-state index in [9.17, 15) is 4.79 Å². The van der Waals surface area contributed by atoms with Gasteiger partial charge in [0.15, 0.2) is 0 Å². The molecule has 4 nitrogen and oxygen atoms in total. The van der Waals surface area contributed by atoms with Gasteiger partial charge in [-0.25, -0.2) is 0 Å². The summed E-state index contributed by atoms with van der Waals surface area (Å²) in [4.78, 5) is 15.1. The van der Waals surface area contributed by atoms with Gasteiger partial charge in [-0.2, -0.15) is 0 Å². The van der Waals surface area contributed by atoms with Gasteiger partial charge in [0.1, 0.15) is 6.04 Å². The fraction of sp³-hybridized carbons (Fsp3) is 0.286. The Balaban J connectivity index is 2.30. The van der Waals surface area contributed by atoms with Crippen molar-refractivity contribution in [2.24, 2.45) is 5.73 Å². The molecule has 1 aromatic carbocycles. The number of carboxylic acids is 1. The van der Waals surface area contributed by atoms with Crippen molar-refractivity contribution in [1.82, 2.24) is 4.98 Å². The van der Waals surface area contributed by atoms with E-state index in [1.807, 2.05) is 24.3 Å². The molecule has 2 aromatic rings. The van der Waals surface area contributed by atoms with Crippen LogP contribution in [0.4, 0.5) is 0 Å². The number of carbonyl (C=O) groups is 1. The number of aliphatic carboxylic acids is 1. The highest BCUT2D eigenvalue weighted by Crippen LogP contribution is 2.16. The third kappa shape index (κ3) is 2.65. The van der Waals surface area contributed by atoms with Gasteiger partial charge in [-0.1, -0.05) is 19.1 Å². The number of nitrogens with zero attached hydrogens (tertiary/aromatic N) is 1. The number of hydrogen-bond donors (Lipinski definition) is 2. The summed E-state index contributed by atoms with van der Waals surface area (Å²) >= 11 is 0. The molecule has 0 spiro atoms. The summed E-state index contributed by atoms with van der Waals surface area (Å²) in [6.45, 7) is 2.11. The Morgan fingerprint density at radius 3 is 2.83 bits per heavy atom. The lowest BCUT2D eigenvalue weighted by molar-refractivity contribution is -0.138. The molecule has 1 aromatic heterocycles. The number of carboxylic acid groups (broad SMARTS) is 1. The van der Waals surface area contributed by atoms with Crippen molar-refractivity contribution < 1.29 is 9.90 Å². The quantitative estimate of drug-likeness (QED) is 0.859. The predicted molar refractivity (Wildman–Crippen MR) is 70.4 cm³/mol. The average molecular weight is 244 g/mol. The molecule has 1 atom stereocenters. The summed E-state index contributed by atoms with van der Waals surface area (Å²) in [6.07, 6.45) is 1.24. The SMILES string of the molecule is CCc1ccc2nc(CC(N)C(=O)O)ccc2c1. The normalized spacial score (nSPS) is 12.6. The maximum atomic E-state index is 10.7. The minimum absolute atomic E-state index is 0.251. The smallest absolute Gasteiger partial charge is 0.320 e. The first-order valence-corrected chi connectivity index (χ1v) is 5.97. The molecule has 0 saturated carbocycles. The first-order chi connectivity index (χ1) is 8.60. The molecule has 0 aliphatic heterocycles. The molecule has 0 aliphatic rings. The van der Waals surface area contributed by atoms with E-state index in [0.717, 1.165) is 17.3 Å². The van der Waals surface area contributed by atoms with E-state index >= 15 is 0 Å². The molecule has 0 saturated heterocycles. The first-order valence-electron chi connectivity index (χ1n) is 5.97. The van der Waals surface area contributed by atoms with E-state index < -0.39 is 12.0 Å². The monoisotopic (exact) mass is 244 g/mol. The molecule has 0 fully saturated rings. The van der Waals surface area contributed by atoms with Crippen LogP contribution < -0.4 is 5.73 Å². The Morgan fingerprint density at radius 1 is 1.39 bits per heavy atom. The number of rotatable bonds is 4. The Morgan fingerprint density at radius 2 is 2.17 bits per heavy atom. The minimum atomic E-state index is -1.00. The lowest BCUT2D eigenvalue weighted by atomic mass is 10.1. The summed E-state index contributed by atoms with van der Waals surface area (Å²) in [5, 5.41) is 9.84. The van der Waals surface area contributed by atoms with Crippen molar-refractivity contribution >= 4 is 16.9 Å². The standard InChI is InChI=1S/C14H16N2O2/c1-2-9-3-6-13-10(7-9)4-5-11(16-13)8-12(15)14(17)18/h3-7,12H,2,8,15H2,1H3,(H,17,18). The minimum Gasteiger partial charge on any atom is -0.480 e. The molecule has 0 bridgehead atoms. The maximum absolute atomic E-state index is 10.7. The van der Waals surface area contributed by atoms with Gasteiger partial charge in [0, 0.05) is 17.5 Å². The van der Waals surface area contributed by atoms with Crippen molar-refractivity contribution in [2.75, 3.05) is 0 Å². The van der Waals surface area contributed by atoms with Crippen LogP contribution in [0.3, 0.4) is 0 Å². The first kappa shape index (κ1) is 12.5. The van der Waals surface area contributed by atoms with Gasteiger partial charge in [0.05, 0.1) is 5.52 Å². The van der Waals surface area contributed by atoms with Gasteiger partial charge < -0.3 is 10.8 Å². The Bertz CT molecular complexity index is 581. The van der Waals surface area contributed by atoms with Crippen LogP contribution in [0.15, 0.2) is 30.3 Å². The molecule has 0 aliphatic carbocycles. The van der Waals surface area contributed by atoms with Gasteiger partial charge in [-0.15, -0.1) is 0 Å². The van der Waals surface area contributed by atoms with Crippen LogP contribution in [0.1, 0.15) is 18.2 Å². The second-order valence-corrected chi connectivity index (χ2v) is 4.33. The zero-order valence-electron chi connectivity index (χ0n) is 10.3. The van der Waals surface area contributed by atoms with Gasteiger partial charge in [0.2, 0.25) is 0 Å². The van der Waals surface area contributed by atoms with Gasteiger partial charge in [-0.3, -0.25) is 9.78 Å². The lowest BCUT2D eigenvalue weighted by Gasteiger charge is -2.07. The third-order valence-corrected chi connectivity index (χ3v) is 2.97. The second kappa shape index (κ2) is 5.14. The van der Waals surface area contributed by atoms with Crippen LogP contribution in [-0.2, 0) is 17.6 Å². The Hall–Kier alpha value is -1.94. The molecular formula is C14H16N2O2. The molecule has 2 rings (SSSR count). The molecule has 1 unspecified atom stereocenters. The summed E-state index contributed by atoms with van der Waals surface area (Å²) < 4.78 is 0. The predicted octanol–water partition coefficient (Wildman–Crippen LogP) is 1.75. The summed E-state index contributed by atoms with van der Waals surface area (Å²) in [5.41, 5.74) is 8.35. The molecule has 94 valence electrons. The molecule has 0 amide bonds. The number of hydrogen-bond acceptors (Lipinski definition) is 3. The van der Waals surface area contributed by atoms with Crippen molar-refractivity contribution in [2.45, 2.75) is 25.8 Å². The van der Waals surface area contributed by atoms with Crippen molar-refractivity contribution in [1.29, 1.82) is 0 Å². The second-order valence-electron chi connectivity index (χ2n) is 4.33. The van der Waals surface area contributed by atoms with E-state index in [1.165, 1.54) is 5.56 Å². The average Bonchev–Trinajstić information content (AvgIpc) is 2.37. The van der Waals surface area contributed by atoms with Crippen LogP contribution in [0.5, 0.6) is 0 Å². The van der Waals surface area contributed by atoms with Crippen LogP contribution in [-0.4, -0.2) is 22.1 Å². The third-order valence-electron chi connectivity index (χ3n) is 2.97. The zero-order chi connectivity index (χ0) is 13.1.